The Labute approximate surface area is 181 Å². The normalized spacial score (nSPS) is 14.7. The summed E-state index contributed by atoms with van der Waals surface area (Å²) >= 11 is 0. The van der Waals surface area contributed by atoms with Crippen LogP contribution in [0.25, 0.3) is 22.4 Å². The summed E-state index contributed by atoms with van der Waals surface area (Å²) < 4.78 is 20.6. The average Bonchev–Trinajstić information content (AvgIpc) is 3.47. The van der Waals surface area contributed by atoms with Crippen LogP contribution in [0.4, 0.5) is 14.9 Å². The highest BCUT2D eigenvalue weighted by atomic mass is 19.1. The first-order valence-corrected chi connectivity index (χ1v) is 10.3. The molecule has 1 heterocycles. The first kappa shape index (κ1) is 20.8. The van der Waals surface area contributed by atoms with Crippen LogP contribution in [-0.2, 0) is 10.3 Å². The monoisotopic (exact) mass is 419 g/mol. The number of amides is 1. The predicted molar refractivity (Wildman–Crippen MR) is 120 cm³/mol. The molecule has 0 bridgehead atoms. The Morgan fingerprint density at radius 1 is 1.10 bits per heavy atom. The van der Waals surface area contributed by atoms with Crippen molar-refractivity contribution in [1.82, 2.24) is 10.3 Å². The number of nitrogens with two attached hydrogens (primary N) is 1. The number of carbonyl (C=O) groups is 1. The van der Waals surface area contributed by atoms with Gasteiger partial charge in [-0.1, -0.05) is 42.5 Å². The van der Waals surface area contributed by atoms with Gasteiger partial charge in [0.1, 0.15) is 11.4 Å². The molecule has 0 aliphatic heterocycles. The second kappa shape index (κ2) is 7.69. The zero-order chi connectivity index (χ0) is 22.2. The van der Waals surface area contributed by atoms with Gasteiger partial charge in [0.25, 0.3) is 0 Å². The van der Waals surface area contributed by atoms with Crippen LogP contribution in [0.15, 0.2) is 60.8 Å². The molecule has 5 nitrogen and oxygen atoms in total. The minimum atomic E-state index is -0.720. The van der Waals surface area contributed by atoms with Crippen molar-refractivity contribution in [3.8, 4) is 22.4 Å². The van der Waals surface area contributed by atoms with Crippen LogP contribution in [0.3, 0.4) is 0 Å². The van der Waals surface area contributed by atoms with E-state index in [0.717, 1.165) is 11.1 Å². The second-order valence-electron chi connectivity index (χ2n) is 8.93. The van der Waals surface area contributed by atoms with Gasteiger partial charge in [0, 0.05) is 16.7 Å². The van der Waals surface area contributed by atoms with E-state index >= 15 is 4.39 Å². The van der Waals surface area contributed by atoms with Crippen LogP contribution >= 0.6 is 0 Å². The van der Waals surface area contributed by atoms with E-state index in [4.69, 9.17) is 10.5 Å². The fourth-order valence-corrected chi connectivity index (χ4v) is 3.68. The molecule has 1 fully saturated rings. The molecule has 3 N–H and O–H groups in total. The predicted octanol–water partition coefficient (Wildman–Crippen LogP) is 5.65. The van der Waals surface area contributed by atoms with Crippen molar-refractivity contribution in [1.29, 1.82) is 0 Å². The molecule has 6 heteroatoms. The number of nitrogens with zero attached hydrogens (tertiary/aromatic N) is 1. The van der Waals surface area contributed by atoms with Gasteiger partial charge in [-0.2, -0.15) is 0 Å². The molecule has 0 radical (unpaired) electrons. The standard InChI is InChI=1S/C25H26FN3O2/c1-24(2,3)31-23(30)29-25(11-12-25)20-10-9-17(13-21(20)26)22-19(14-18(27)15-28-22)16-7-5-4-6-8-16/h4-10,13-15H,11-12,27H2,1-3H3,(H,29,30). The molecule has 3 aromatic rings. The molecule has 4 rings (SSSR count). The molecule has 31 heavy (non-hydrogen) atoms. The number of anilines is 1. The maximum atomic E-state index is 15.2. The number of ether oxygens (including phenoxy) is 1. The quantitative estimate of drug-likeness (QED) is 0.573. The Bertz CT molecular complexity index is 1120. The molecule has 160 valence electrons. The summed E-state index contributed by atoms with van der Waals surface area (Å²) in [7, 11) is 0. The minimum absolute atomic E-state index is 0.385. The lowest BCUT2D eigenvalue weighted by Crippen LogP contribution is -2.39. The van der Waals surface area contributed by atoms with Crippen molar-refractivity contribution in [2.45, 2.75) is 44.8 Å². The van der Waals surface area contributed by atoms with E-state index in [1.165, 1.54) is 6.07 Å². The minimum Gasteiger partial charge on any atom is -0.444 e. The van der Waals surface area contributed by atoms with E-state index in [1.807, 2.05) is 42.5 Å². The van der Waals surface area contributed by atoms with Crippen LogP contribution in [0.1, 0.15) is 39.2 Å². The molecular formula is C25H26FN3O2. The molecule has 0 spiro atoms. The van der Waals surface area contributed by atoms with Crippen LogP contribution in [0.2, 0.25) is 0 Å². The number of alkyl carbamates (subject to hydrolysis) is 1. The highest BCUT2D eigenvalue weighted by Crippen LogP contribution is 2.47. The van der Waals surface area contributed by atoms with E-state index in [2.05, 4.69) is 10.3 Å². The molecule has 1 saturated carbocycles. The number of hydrogen-bond acceptors (Lipinski definition) is 4. The maximum Gasteiger partial charge on any atom is 0.408 e. The largest absolute Gasteiger partial charge is 0.444 e. The number of rotatable bonds is 4. The topological polar surface area (TPSA) is 77.2 Å². The molecule has 0 saturated heterocycles. The molecule has 1 aliphatic rings. The van der Waals surface area contributed by atoms with Gasteiger partial charge in [-0.15, -0.1) is 0 Å². The van der Waals surface area contributed by atoms with Crippen molar-refractivity contribution >= 4 is 11.8 Å². The second-order valence-corrected chi connectivity index (χ2v) is 8.93. The summed E-state index contributed by atoms with van der Waals surface area (Å²) in [6.07, 6.45) is 2.36. The zero-order valence-electron chi connectivity index (χ0n) is 17.9. The van der Waals surface area contributed by atoms with Gasteiger partial charge in [0.05, 0.1) is 23.1 Å². The van der Waals surface area contributed by atoms with Crippen molar-refractivity contribution in [3.05, 3.63) is 72.2 Å². The first-order valence-electron chi connectivity index (χ1n) is 10.3. The fraction of sp³-hybridized carbons (Fsp3) is 0.280. The van der Waals surface area contributed by atoms with Gasteiger partial charge in [0.15, 0.2) is 0 Å². The smallest absolute Gasteiger partial charge is 0.408 e. The summed E-state index contributed by atoms with van der Waals surface area (Å²) in [4.78, 5) is 16.7. The Balaban J connectivity index is 1.66. The van der Waals surface area contributed by atoms with Gasteiger partial charge in [-0.05, 0) is 51.3 Å². The summed E-state index contributed by atoms with van der Waals surface area (Å²) in [6, 6.07) is 16.6. The third kappa shape index (κ3) is 4.53. The number of nitrogens with one attached hydrogen (secondary N) is 1. The molecule has 1 aromatic heterocycles. The van der Waals surface area contributed by atoms with E-state index in [0.29, 0.717) is 35.3 Å². The van der Waals surface area contributed by atoms with Crippen LogP contribution < -0.4 is 11.1 Å². The molecule has 0 atom stereocenters. The average molecular weight is 420 g/mol. The Kier molecular flexibility index (Phi) is 5.17. The van der Waals surface area contributed by atoms with Gasteiger partial charge >= 0.3 is 6.09 Å². The molecule has 1 amide bonds. The highest BCUT2D eigenvalue weighted by molar-refractivity contribution is 5.82. The third-order valence-electron chi connectivity index (χ3n) is 5.24. The molecular weight excluding hydrogens is 393 g/mol. The Morgan fingerprint density at radius 2 is 1.81 bits per heavy atom. The van der Waals surface area contributed by atoms with Crippen molar-refractivity contribution in [3.63, 3.8) is 0 Å². The lowest BCUT2D eigenvalue weighted by atomic mass is 9.96. The molecule has 2 aromatic carbocycles. The van der Waals surface area contributed by atoms with Crippen molar-refractivity contribution < 1.29 is 13.9 Å². The van der Waals surface area contributed by atoms with Gasteiger partial charge in [-0.3, -0.25) is 4.98 Å². The van der Waals surface area contributed by atoms with Crippen LogP contribution in [-0.4, -0.2) is 16.7 Å². The number of hydrogen-bond donors (Lipinski definition) is 2. The molecule has 0 unspecified atom stereocenters. The number of pyridine rings is 1. The number of halogens is 1. The van der Waals surface area contributed by atoms with E-state index in [9.17, 15) is 4.79 Å². The van der Waals surface area contributed by atoms with E-state index in [-0.39, 0.29) is 5.82 Å². The summed E-state index contributed by atoms with van der Waals surface area (Å²) in [6.45, 7) is 5.39. The lowest BCUT2D eigenvalue weighted by Gasteiger charge is -2.24. The van der Waals surface area contributed by atoms with Crippen molar-refractivity contribution in [2.24, 2.45) is 0 Å². The number of nitrogen functional groups attached to an aromatic ring is 1. The zero-order valence-corrected chi connectivity index (χ0v) is 17.9. The number of aromatic nitrogens is 1. The van der Waals surface area contributed by atoms with Crippen LogP contribution in [0, 0.1) is 5.82 Å². The lowest BCUT2D eigenvalue weighted by molar-refractivity contribution is 0.0494. The molecule has 1 aliphatic carbocycles. The highest BCUT2D eigenvalue weighted by Gasteiger charge is 2.48. The number of benzene rings is 2. The summed E-state index contributed by atoms with van der Waals surface area (Å²) in [5.41, 5.74) is 8.71. The van der Waals surface area contributed by atoms with E-state index < -0.39 is 17.2 Å². The first-order chi connectivity index (χ1) is 14.7. The van der Waals surface area contributed by atoms with Crippen LogP contribution in [0.5, 0.6) is 0 Å². The fourth-order valence-electron chi connectivity index (χ4n) is 3.68. The van der Waals surface area contributed by atoms with Gasteiger partial charge in [0.2, 0.25) is 0 Å². The van der Waals surface area contributed by atoms with Gasteiger partial charge in [-0.25, -0.2) is 9.18 Å². The Morgan fingerprint density at radius 3 is 2.42 bits per heavy atom. The maximum absolute atomic E-state index is 15.2. The summed E-state index contributed by atoms with van der Waals surface area (Å²) in [5, 5.41) is 2.85. The van der Waals surface area contributed by atoms with Crippen molar-refractivity contribution in [2.75, 3.05) is 5.73 Å². The third-order valence-corrected chi connectivity index (χ3v) is 5.24. The summed E-state index contributed by atoms with van der Waals surface area (Å²) in [5.74, 6) is -0.385. The van der Waals surface area contributed by atoms with E-state index in [1.54, 1.807) is 33.0 Å². The Hall–Kier alpha value is -3.41. The SMILES string of the molecule is CC(C)(C)OC(=O)NC1(c2ccc(-c3ncc(N)cc3-c3ccccc3)cc2F)CC1. The van der Waals surface area contributed by atoms with Gasteiger partial charge < -0.3 is 15.8 Å². The number of carbonyl (C=O) groups excluding carboxylic acids is 1.